The Hall–Kier alpha value is -2.87. The second-order valence-electron chi connectivity index (χ2n) is 3.59. The summed E-state index contributed by atoms with van der Waals surface area (Å²) < 4.78 is 0. The molecule has 0 saturated heterocycles. The van der Waals surface area contributed by atoms with E-state index in [0.29, 0.717) is 5.69 Å². The Bertz CT molecular complexity index is 618. The van der Waals surface area contributed by atoms with Crippen LogP contribution in [0.1, 0.15) is 5.56 Å². The van der Waals surface area contributed by atoms with E-state index in [2.05, 4.69) is 5.32 Å². The van der Waals surface area contributed by atoms with Gasteiger partial charge in [0.05, 0.1) is 4.92 Å². The average molecular weight is 239 g/mol. The number of hydrogen-bond acceptors (Lipinski definition) is 4. The second kappa shape index (κ2) is 4.97. The van der Waals surface area contributed by atoms with Crippen molar-refractivity contribution in [3.63, 3.8) is 0 Å². The Kier molecular flexibility index (Phi) is 3.21. The summed E-state index contributed by atoms with van der Waals surface area (Å²) in [5.74, 6) is 0. The van der Waals surface area contributed by atoms with Gasteiger partial charge in [-0.3, -0.25) is 10.1 Å². The van der Waals surface area contributed by atoms with Crippen LogP contribution in [0, 0.1) is 21.4 Å². The molecule has 0 saturated carbocycles. The molecule has 2 rings (SSSR count). The van der Waals surface area contributed by atoms with Crippen LogP contribution in [0.25, 0.3) is 0 Å². The molecular formula is C13H9N3O2. The molecule has 0 amide bonds. The number of benzene rings is 2. The van der Waals surface area contributed by atoms with Crippen molar-refractivity contribution in [2.45, 2.75) is 0 Å². The number of nitro benzene ring substituents is 1. The molecule has 0 aromatic heterocycles. The molecule has 0 aliphatic carbocycles. The lowest BCUT2D eigenvalue weighted by Crippen LogP contribution is -1.95. The molecule has 0 atom stereocenters. The first-order valence-electron chi connectivity index (χ1n) is 5.21. The molecule has 0 spiro atoms. The topological polar surface area (TPSA) is 79.0 Å². The highest BCUT2D eigenvalue weighted by Gasteiger charge is 2.14. The maximum atomic E-state index is 10.8. The first kappa shape index (κ1) is 11.6. The zero-order chi connectivity index (χ0) is 13.0. The normalized spacial score (nSPS) is 9.50. The van der Waals surface area contributed by atoms with Crippen LogP contribution < -0.4 is 5.32 Å². The van der Waals surface area contributed by atoms with Gasteiger partial charge in [-0.25, -0.2) is 0 Å². The summed E-state index contributed by atoms with van der Waals surface area (Å²) in [4.78, 5) is 10.3. The third-order valence-corrected chi connectivity index (χ3v) is 2.38. The van der Waals surface area contributed by atoms with Gasteiger partial charge >= 0.3 is 0 Å². The van der Waals surface area contributed by atoms with Crippen LogP contribution >= 0.6 is 0 Å². The van der Waals surface area contributed by atoms with Gasteiger partial charge in [0.1, 0.15) is 11.6 Å². The highest BCUT2D eigenvalue weighted by atomic mass is 16.6. The summed E-state index contributed by atoms with van der Waals surface area (Å²) in [5, 5.41) is 22.6. The van der Waals surface area contributed by atoms with E-state index in [9.17, 15) is 10.1 Å². The van der Waals surface area contributed by atoms with E-state index in [1.807, 2.05) is 30.3 Å². The molecule has 0 fully saturated rings. The van der Waals surface area contributed by atoms with Gasteiger partial charge in [-0.1, -0.05) is 18.2 Å². The van der Waals surface area contributed by atoms with Gasteiger partial charge in [0.15, 0.2) is 0 Å². The lowest BCUT2D eigenvalue weighted by molar-refractivity contribution is -0.385. The average Bonchev–Trinajstić information content (AvgIpc) is 2.40. The largest absolute Gasteiger partial charge is 0.355 e. The van der Waals surface area contributed by atoms with E-state index >= 15 is 0 Å². The minimum absolute atomic E-state index is 0.0543. The van der Waals surface area contributed by atoms with Gasteiger partial charge in [-0.15, -0.1) is 0 Å². The first-order chi connectivity index (χ1) is 8.70. The van der Waals surface area contributed by atoms with E-state index in [1.54, 1.807) is 12.1 Å². The van der Waals surface area contributed by atoms with Gasteiger partial charge in [0.2, 0.25) is 0 Å². The predicted molar refractivity (Wildman–Crippen MR) is 67.5 cm³/mol. The van der Waals surface area contributed by atoms with Crippen molar-refractivity contribution >= 4 is 17.1 Å². The van der Waals surface area contributed by atoms with Crippen LogP contribution in [0.4, 0.5) is 17.1 Å². The minimum Gasteiger partial charge on any atom is -0.355 e. The zero-order valence-electron chi connectivity index (χ0n) is 9.33. The minimum atomic E-state index is -0.561. The van der Waals surface area contributed by atoms with Gasteiger partial charge in [-0.05, 0) is 24.3 Å². The van der Waals surface area contributed by atoms with Crippen molar-refractivity contribution in [1.29, 1.82) is 5.26 Å². The maximum absolute atomic E-state index is 10.8. The van der Waals surface area contributed by atoms with Crippen molar-refractivity contribution in [2.24, 2.45) is 0 Å². The fraction of sp³-hybridized carbons (Fsp3) is 0. The van der Waals surface area contributed by atoms with Crippen molar-refractivity contribution in [1.82, 2.24) is 0 Å². The van der Waals surface area contributed by atoms with E-state index in [0.717, 1.165) is 5.69 Å². The van der Waals surface area contributed by atoms with Gasteiger partial charge in [0, 0.05) is 17.4 Å². The van der Waals surface area contributed by atoms with E-state index in [1.165, 1.54) is 12.1 Å². The smallest absolute Gasteiger partial charge is 0.289 e. The molecule has 0 radical (unpaired) electrons. The Balaban J connectivity index is 2.34. The summed E-state index contributed by atoms with van der Waals surface area (Å²) in [5.41, 5.74) is 1.26. The number of nitrogens with one attached hydrogen (secondary N) is 1. The molecule has 0 aliphatic heterocycles. The Morgan fingerprint density at radius 2 is 1.83 bits per heavy atom. The van der Waals surface area contributed by atoms with Crippen molar-refractivity contribution in [2.75, 3.05) is 5.32 Å². The fourth-order valence-electron chi connectivity index (χ4n) is 1.54. The van der Waals surface area contributed by atoms with Crippen molar-refractivity contribution < 1.29 is 4.92 Å². The Morgan fingerprint density at radius 3 is 2.44 bits per heavy atom. The SMILES string of the molecule is N#Cc1ccc(Nc2ccccc2)cc1[N+](=O)[O-]. The molecule has 88 valence electrons. The number of hydrogen-bond donors (Lipinski definition) is 1. The van der Waals surface area contributed by atoms with Gasteiger partial charge in [0.25, 0.3) is 5.69 Å². The number of anilines is 2. The van der Waals surface area contributed by atoms with Crippen LogP contribution in [0.2, 0.25) is 0 Å². The molecule has 0 heterocycles. The highest BCUT2D eigenvalue weighted by molar-refractivity contribution is 5.65. The van der Waals surface area contributed by atoms with Crippen LogP contribution in [0.15, 0.2) is 48.5 Å². The lowest BCUT2D eigenvalue weighted by Gasteiger charge is -2.06. The lowest BCUT2D eigenvalue weighted by atomic mass is 10.1. The van der Waals surface area contributed by atoms with Crippen LogP contribution in [-0.2, 0) is 0 Å². The first-order valence-corrected chi connectivity index (χ1v) is 5.21. The molecule has 18 heavy (non-hydrogen) atoms. The molecule has 5 heteroatoms. The van der Waals surface area contributed by atoms with Crippen LogP contribution in [0.5, 0.6) is 0 Å². The molecule has 0 unspecified atom stereocenters. The summed E-state index contributed by atoms with van der Waals surface area (Å²) in [6, 6.07) is 15.5. The van der Waals surface area contributed by atoms with Gasteiger partial charge in [-0.2, -0.15) is 5.26 Å². The molecule has 2 aromatic carbocycles. The highest BCUT2D eigenvalue weighted by Crippen LogP contribution is 2.24. The molecule has 1 N–H and O–H groups in total. The van der Waals surface area contributed by atoms with E-state index < -0.39 is 4.92 Å². The molecule has 0 aliphatic rings. The zero-order valence-corrected chi connectivity index (χ0v) is 9.33. The van der Waals surface area contributed by atoms with E-state index in [-0.39, 0.29) is 11.3 Å². The van der Waals surface area contributed by atoms with Crippen LogP contribution in [0.3, 0.4) is 0 Å². The molecular weight excluding hydrogens is 230 g/mol. The molecule has 5 nitrogen and oxygen atoms in total. The van der Waals surface area contributed by atoms with Crippen LogP contribution in [-0.4, -0.2) is 4.92 Å². The fourth-order valence-corrected chi connectivity index (χ4v) is 1.54. The van der Waals surface area contributed by atoms with Crippen molar-refractivity contribution in [3.05, 3.63) is 64.2 Å². The standard InChI is InChI=1S/C13H9N3O2/c14-9-10-6-7-12(8-13(10)16(17)18)15-11-4-2-1-3-5-11/h1-8,15H. The Labute approximate surface area is 103 Å². The van der Waals surface area contributed by atoms with Crippen molar-refractivity contribution in [3.8, 4) is 6.07 Å². The molecule has 2 aromatic rings. The number of para-hydroxylation sites is 1. The van der Waals surface area contributed by atoms with E-state index in [4.69, 9.17) is 5.26 Å². The predicted octanol–water partition coefficient (Wildman–Crippen LogP) is 3.21. The monoisotopic (exact) mass is 239 g/mol. The summed E-state index contributed by atoms with van der Waals surface area (Å²) >= 11 is 0. The third-order valence-electron chi connectivity index (χ3n) is 2.38. The second-order valence-corrected chi connectivity index (χ2v) is 3.59. The summed E-state index contributed by atoms with van der Waals surface area (Å²) in [6.45, 7) is 0. The quantitative estimate of drug-likeness (QED) is 0.658. The number of nitro groups is 1. The Morgan fingerprint density at radius 1 is 1.11 bits per heavy atom. The summed E-state index contributed by atoms with van der Waals surface area (Å²) in [6.07, 6.45) is 0. The number of nitriles is 1. The number of nitrogens with zero attached hydrogens (tertiary/aromatic N) is 2. The number of rotatable bonds is 3. The summed E-state index contributed by atoms with van der Waals surface area (Å²) in [7, 11) is 0. The maximum Gasteiger partial charge on any atom is 0.289 e. The van der Waals surface area contributed by atoms with Gasteiger partial charge < -0.3 is 5.32 Å². The molecule has 0 bridgehead atoms. The third kappa shape index (κ3) is 2.44.